The molecule has 16 nitrogen and oxygen atoms in total. The number of likely N-dealkylation sites (N-methyl/N-ethyl adjacent to an activating group) is 1. The summed E-state index contributed by atoms with van der Waals surface area (Å²) in [5.74, 6) is -1.62. The Balaban J connectivity index is 0.000000385. The van der Waals surface area contributed by atoms with Crippen molar-refractivity contribution in [3.05, 3.63) is 29.8 Å². The van der Waals surface area contributed by atoms with Crippen LogP contribution in [0.1, 0.15) is 10.4 Å². The number of para-hydroxylation sites is 1. The summed E-state index contributed by atoms with van der Waals surface area (Å²) in [4.78, 5) is 10.2. The predicted molar refractivity (Wildman–Crippen MR) is 131 cm³/mol. The first-order valence-corrected chi connectivity index (χ1v) is 12.3. The number of nitrogens with zero attached hydrogens (tertiary/aromatic N) is 1. The summed E-state index contributed by atoms with van der Waals surface area (Å²) in [6, 6.07) is 5.64. The molecule has 0 aliphatic carbocycles. The molecule has 16 heteroatoms. The van der Waals surface area contributed by atoms with E-state index in [0.717, 1.165) is 11.0 Å². The van der Waals surface area contributed by atoms with Gasteiger partial charge in [0.2, 0.25) is 0 Å². The Labute approximate surface area is 230 Å². The van der Waals surface area contributed by atoms with Crippen molar-refractivity contribution in [3.63, 3.8) is 0 Å². The highest BCUT2D eigenvalue weighted by molar-refractivity contribution is 5.88. The maximum absolute atomic E-state index is 10.2. The van der Waals surface area contributed by atoms with E-state index >= 15 is 0 Å². The molecule has 3 rings (SSSR count). The van der Waals surface area contributed by atoms with Crippen LogP contribution in [-0.2, 0) is 14.2 Å². The molecule has 0 radical (unpaired) electrons. The monoisotopic (exact) mass is 583 g/mol. The zero-order valence-corrected chi connectivity index (χ0v) is 22.4. The molecule has 2 saturated heterocycles. The summed E-state index contributed by atoms with van der Waals surface area (Å²) in [6.07, 6.45) is -15.6. The van der Waals surface area contributed by atoms with Crippen LogP contribution < -0.4 is 5.11 Å². The van der Waals surface area contributed by atoms with E-state index in [2.05, 4.69) is 21.1 Å². The second-order valence-electron chi connectivity index (χ2n) is 10.1. The lowest BCUT2D eigenvalue weighted by atomic mass is 9.97. The van der Waals surface area contributed by atoms with Crippen molar-refractivity contribution in [2.75, 3.05) is 47.5 Å². The number of carboxylic acid groups (broad SMARTS) is 1. The Morgan fingerprint density at radius 3 is 1.85 bits per heavy atom. The molecule has 232 valence electrons. The van der Waals surface area contributed by atoms with Crippen LogP contribution in [0.15, 0.2) is 24.3 Å². The highest BCUT2D eigenvalue weighted by Crippen LogP contribution is 2.28. The summed E-state index contributed by atoms with van der Waals surface area (Å²) in [5, 5.41) is 104. The van der Waals surface area contributed by atoms with E-state index in [1.807, 2.05) is 0 Å². The molecule has 2 fully saturated rings. The third kappa shape index (κ3) is 10.4. The van der Waals surface area contributed by atoms with Gasteiger partial charge < -0.3 is 79.7 Å². The maximum Gasteiger partial charge on any atom is 0.187 e. The number of hydrogen-bond donors (Lipinski definition) is 10. The number of ether oxygens (including phenoxy) is 3. The Kier molecular flexibility index (Phi) is 14.8. The maximum atomic E-state index is 10.2. The Morgan fingerprint density at radius 2 is 1.43 bits per heavy atom. The fraction of sp³-hybridized carbons (Fsp3) is 0.708. The minimum atomic E-state index is -1.74. The van der Waals surface area contributed by atoms with Crippen molar-refractivity contribution in [1.29, 1.82) is 0 Å². The van der Waals surface area contributed by atoms with Gasteiger partial charge in [-0.3, -0.25) is 0 Å². The highest BCUT2D eigenvalue weighted by Gasteiger charge is 2.50. The van der Waals surface area contributed by atoms with Crippen molar-refractivity contribution in [1.82, 2.24) is 0 Å². The van der Waals surface area contributed by atoms with Crippen molar-refractivity contribution in [2.45, 2.75) is 61.4 Å². The number of carbonyl (C=O) groups excluding carboxylic acids is 1. The molecule has 2 aliphatic rings. The molecular weight excluding hydrogens is 542 g/mol. The fourth-order valence-electron chi connectivity index (χ4n) is 3.52. The number of rotatable bonds is 7. The molecule has 1 aromatic carbocycles. The van der Waals surface area contributed by atoms with Crippen molar-refractivity contribution < 1.29 is 79.7 Å². The first kappa shape index (κ1) is 36.0. The van der Waals surface area contributed by atoms with Crippen LogP contribution in [0.5, 0.6) is 5.75 Å². The van der Waals surface area contributed by atoms with Gasteiger partial charge in [0.05, 0.1) is 46.9 Å². The quantitative estimate of drug-likeness (QED) is 0.134. The second kappa shape index (κ2) is 16.4. The molecule has 1 aromatic rings. The lowest BCUT2D eigenvalue weighted by molar-refractivity contribution is -0.870. The van der Waals surface area contributed by atoms with Gasteiger partial charge in [-0.15, -0.1) is 0 Å². The zero-order chi connectivity index (χ0) is 30.8. The molecule has 0 bridgehead atoms. The summed E-state index contributed by atoms with van der Waals surface area (Å²) in [6.45, 7) is -0.230. The zero-order valence-electron chi connectivity index (χ0n) is 22.4. The molecule has 2 heterocycles. The Hall–Kier alpha value is -2.03. The van der Waals surface area contributed by atoms with E-state index in [9.17, 15) is 45.6 Å². The van der Waals surface area contributed by atoms with Gasteiger partial charge in [-0.05, 0) is 12.1 Å². The van der Waals surface area contributed by atoms with E-state index < -0.39 is 80.6 Å². The topological polar surface area (TPSA) is 270 Å². The van der Waals surface area contributed by atoms with E-state index in [1.54, 1.807) is 6.07 Å². The summed E-state index contributed by atoms with van der Waals surface area (Å²) in [7, 11) is 6.16. The van der Waals surface area contributed by atoms with E-state index in [0.29, 0.717) is 0 Å². The number of benzene rings is 1. The summed E-state index contributed by atoms with van der Waals surface area (Å²) < 4.78 is 16.1. The number of aromatic hydroxyl groups is 1. The highest BCUT2D eigenvalue weighted by atomic mass is 16.7. The van der Waals surface area contributed by atoms with Crippen LogP contribution in [0.2, 0.25) is 0 Å². The molecule has 0 spiro atoms. The van der Waals surface area contributed by atoms with E-state index in [1.165, 1.54) is 18.2 Å². The molecular formula is C24H41NO15. The first-order chi connectivity index (χ1) is 18.6. The number of quaternary nitrogens is 1. The molecule has 0 saturated carbocycles. The second-order valence-corrected chi connectivity index (χ2v) is 10.1. The minimum Gasteiger partial charge on any atom is -0.545 e. The van der Waals surface area contributed by atoms with Gasteiger partial charge in [0.25, 0.3) is 0 Å². The van der Waals surface area contributed by atoms with Crippen LogP contribution in [0.4, 0.5) is 0 Å². The van der Waals surface area contributed by atoms with Crippen LogP contribution in [0.3, 0.4) is 0 Å². The largest absolute Gasteiger partial charge is 0.545 e. The van der Waals surface area contributed by atoms with Crippen LogP contribution >= 0.6 is 0 Å². The number of phenols is 1. The van der Waals surface area contributed by atoms with Crippen molar-refractivity contribution in [2.24, 2.45) is 0 Å². The van der Waals surface area contributed by atoms with E-state index in [4.69, 9.17) is 29.5 Å². The lowest BCUT2D eigenvalue weighted by Crippen LogP contribution is -2.64. The Bertz CT molecular complexity index is 880. The molecule has 10 atom stereocenters. The van der Waals surface area contributed by atoms with Gasteiger partial charge in [0.1, 0.15) is 61.1 Å². The average molecular weight is 584 g/mol. The third-order valence-electron chi connectivity index (χ3n) is 5.87. The van der Waals surface area contributed by atoms with Gasteiger partial charge >= 0.3 is 0 Å². The van der Waals surface area contributed by atoms with Crippen LogP contribution in [0, 0.1) is 0 Å². The third-order valence-corrected chi connectivity index (χ3v) is 5.87. The van der Waals surface area contributed by atoms with Crippen LogP contribution in [-0.4, -0.2) is 170 Å². The van der Waals surface area contributed by atoms with Crippen molar-refractivity contribution >= 4 is 5.97 Å². The summed E-state index contributed by atoms with van der Waals surface area (Å²) in [5.41, 5.74) is -0.178. The SMILES string of the molecule is C[N+](C)(C)CCO.O=C([O-])c1ccccc1O.OC[C@H]1O[C@H](O[C@H]2[C@H](O)[C@@H](O)[C@H](O)O[C@@H]2CO)[C@H](O)[C@@H](O)[C@@H]1O. The van der Waals surface area contributed by atoms with Gasteiger partial charge in [-0.2, -0.15) is 0 Å². The normalized spacial score (nSPS) is 34.1. The van der Waals surface area contributed by atoms with Gasteiger partial charge in [0, 0.05) is 5.56 Å². The molecule has 0 unspecified atom stereocenters. The van der Waals surface area contributed by atoms with Gasteiger partial charge in [0.15, 0.2) is 12.6 Å². The lowest BCUT2D eigenvalue weighted by Gasteiger charge is -2.45. The molecule has 2 aliphatic heterocycles. The van der Waals surface area contributed by atoms with E-state index in [-0.39, 0.29) is 17.9 Å². The number of aliphatic hydroxyl groups excluding tert-OH is 9. The van der Waals surface area contributed by atoms with Crippen molar-refractivity contribution in [3.8, 4) is 5.75 Å². The fourth-order valence-corrected chi connectivity index (χ4v) is 3.52. The number of aromatic carboxylic acids is 1. The Morgan fingerprint density at radius 1 is 0.850 bits per heavy atom. The molecule has 10 N–H and O–H groups in total. The average Bonchev–Trinajstić information content (AvgIpc) is 2.89. The first-order valence-electron chi connectivity index (χ1n) is 12.3. The molecule has 0 amide bonds. The minimum absolute atomic E-state index is 0.178. The number of hydrogen-bond acceptors (Lipinski definition) is 15. The molecule has 40 heavy (non-hydrogen) atoms. The molecule has 0 aromatic heterocycles. The number of aliphatic hydroxyl groups is 9. The summed E-state index contributed by atoms with van der Waals surface area (Å²) >= 11 is 0. The smallest absolute Gasteiger partial charge is 0.187 e. The number of carboxylic acids is 1. The van der Waals surface area contributed by atoms with Gasteiger partial charge in [-0.1, -0.05) is 12.1 Å². The predicted octanol–water partition coefficient (Wildman–Crippen LogP) is -5.96. The number of carbonyl (C=O) groups is 1. The van der Waals surface area contributed by atoms with Crippen LogP contribution in [0.25, 0.3) is 0 Å². The van der Waals surface area contributed by atoms with Gasteiger partial charge in [-0.25, -0.2) is 0 Å². The standard InChI is InChI=1S/C12H22O11.C7H6O3.C5H14NO/c13-1-3-5(15)6(16)9(19)12(22-3)23-10-4(2-14)21-11(20)8(18)7(10)17;8-6-4-2-1-3-5(6)7(9)10;1-6(2,3)4-5-7/h3-20H,1-2H2;1-4,8H,(H,9,10);7H,4-5H2,1-3H3/q;;+1/p-1/t3-,4-,5-,6+,7-,8-,9-,10-,11-,12-;;/m1../s1.